The normalized spacial score (nSPS) is 42.5. The van der Waals surface area contributed by atoms with E-state index in [4.69, 9.17) is 4.74 Å². The first-order valence-electron chi connectivity index (χ1n) is 7.98. The van der Waals surface area contributed by atoms with Crippen molar-refractivity contribution in [2.75, 3.05) is 33.8 Å². The number of methoxy groups -OCH3 is 1. The van der Waals surface area contributed by atoms with Gasteiger partial charge in [-0.1, -0.05) is 13.8 Å². The maximum absolute atomic E-state index is 5.80. The van der Waals surface area contributed by atoms with Crippen LogP contribution >= 0.6 is 0 Å². The summed E-state index contributed by atoms with van der Waals surface area (Å²) >= 11 is 0. The van der Waals surface area contributed by atoms with Gasteiger partial charge in [-0.2, -0.15) is 0 Å². The van der Waals surface area contributed by atoms with Crippen LogP contribution in [-0.4, -0.2) is 61.3 Å². The maximum atomic E-state index is 5.80. The van der Waals surface area contributed by atoms with E-state index >= 15 is 0 Å². The van der Waals surface area contributed by atoms with Gasteiger partial charge in [0.05, 0.1) is 5.60 Å². The van der Waals surface area contributed by atoms with Crippen LogP contribution in [0.1, 0.15) is 46.5 Å². The summed E-state index contributed by atoms with van der Waals surface area (Å²) in [6.07, 6.45) is 5.05. The zero-order chi connectivity index (χ0) is 14.0. The molecule has 2 saturated heterocycles. The molecule has 0 aromatic heterocycles. The summed E-state index contributed by atoms with van der Waals surface area (Å²) in [7, 11) is 4.18. The third-order valence-electron chi connectivity index (χ3n) is 5.57. The number of rotatable bonds is 3. The van der Waals surface area contributed by atoms with Crippen LogP contribution in [0.5, 0.6) is 0 Å². The van der Waals surface area contributed by atoms with Gasteiger partial charge in [-0.15, -0.1) is 0 Å². The molecule has 3 nitrogen and oxygen atoms in total. The van der Waals surface area contributed by atoms with Crippen LogP contribution in [0.25, 0.3) is 0 Å². The van der Waals surface area contributed by atoms with E-state index in [0.29, 0.717) is 12.1 Å². The molecule has 0 aromatic carbocycles. The van der Waals surface area contributed by atoms with Gasteiger partial charge in [-0.25, -0.2) is 0 Å². The minimum Gasteiger partial charge on any atom is -0.378 e. The third kappa shape index (κ3) is 3.32. The molecule has 19 heavy (non-hydrogen) atoms. The highest BCUT2D eigenvalue weighted by Gasteiger charge is 2.41. The first-order chi connectivity index (χ1) is 8.99. The molecule has 0 aromatic rings. The fraction of sp³-hybridized carbons (Fsp3) is 1.00. The highest BCUT2D eigenvalue weighted by atomic mass is 16.5. The van der Waals surface area contributed by atoms with Crippen molar-refractivity contribution in [3.05, 3.63) is 0 Å². The Morgan fingerprint density at radius 3 is 2.63 bits per heavy atom. The van der Waals surface area contributed by atoms with E-state index in [1.807, 2.05) is 7.11 Å². The van der Waals surface area contributed by atoms with Crippen LogP contribution in [0.15, 0.2) is 0 Å². The van der Waals surface area contributed by atoms with E-state index in [1.54, 1.807) is 0 Å². The smallest absolute Gasteiger partial charge is 0.0678 e. The maximum Gasteiger partial charge on any atom is 0.0678 e. The minimum absolute atomic E-state index is 0.0806. The third-order valence-corrected chi connectivity index (χ3v) is 5.57. The van der Waals surface area contributed by atoms with Crippen LogP contribution in [0.4, 0.5) is 0 Å². The predicted molar refractivity (Wildman–Crippen MR) is 80.5 cm³/mol. The molecule has 2 rings (SSSR count). The van der Waals surface area contributed by atoms with Crippen molar-refractivity contribution in [3.8, 4) is 0 Å². The van der Waals surface area contributed by atoms with Crippen molar-refractivity contribution >= 4 is 0 Å². The molecule has 3 heteroatoms. The second kappa shape index (κ2) is 6.11. The second-order valence-electron chi connectivity index (χ2n) is 6.98. The zero-order valence-electron chi connectivity index (χ0n) is 13.5. The molecule has 0 N–H and O–H groups in total. The van der Waals surface area contributed by atoms with Crippen molar-refractivity contribution < 1.29 is 4.74 Å². The summed E-state index contributed by atoms with van der Waals surface area (Å²) < 4.78 is 5.80. The first kappa shape index (κ1) is 15.3. The molecular weight excluding hydrogens is 236 g/mol. The molecule has 2 aliphatic rings. The van der Waals surface area contributed by atoms with E-state index in [0.717, 1.165) is 18.9 Å². The number of hydrogen-bond acceptors (Lipinski definition) is 3. The zero-order valence-corrected chi connectivity index (χ0v) is 13.5. The van der Waals surface area contributed by atoms with E-state index in [2.05, 4.69) is 37.6 Å². The second-order valence-corrected chi connectivity index (χ2v) is 6.98. The molecule has 112 valence electrons. The Morgan fingerprint density at radius 1 is 1.26 bits per heavy atom. The molecule has 2 unspecified atom stereocenters. The van der Waals surface area contributed by atoms with E-state index in [9.17, 15) is 0 Å². The molecule has 2 heterocycles. The van der Waals surface area contributed by atoms with Crippen molar-refractivity contribution in [3.63, 3.8) is 0 Å². The molecule has 4 atom stereocenters. The van der Waals surface area contributed by atoms with Gasteiger partial charge in [0.15, 0.2) is 0 Å². The molecule has 0 bridgehead atoms. The van der Waals surface area contributed by atoms with E-state index in [-0.39, 0.29) is 5.60 Å². The van der Waals surface area contributed by atoms with Crippen LogP contribution in [0.2, 0.25) is 0 Å². The quantitative estimate of drug-likeness (QED) is 0.782. The van der Waals surface area contributed by atoms with Crippen LogP contribution in [0.3, 0.4) is 0 Å². The summed E-state index contributed by atoms with van der Waals surface area (Å²) in [6.45, 7) is 10.6. The van der Waals surface area contributed by atoms with Crippen LogP contribution in [-0.2, 0) is 4.74 Å². The summed E-state index contributed by atoms with van der Waals surface area (Å²) in [4.78, 5) is 5.27. The molecule has 0 amide bonds. The number of likely N-dealkylation sites (tertiary alicyclic amines) is 2. The van der Waals surface area contributed by atoms with E-state index < -0.39 is 0 Å². The summed E-state index contributed by atoms with van der Waals surface area (Å²) in [5.74, 6) is 0.872. The Balaban J connectivity index is 2.12. The van der Waals surface area contributed by atoms with Gasteiger partial charge in [0, 0.05) is 25.7 Å². The number of nitrogens with zero attached hydrogens (tertiary/aromatic N) is 2. The highest BCUT2D eigenvalue weighted by molar-refractivity contribution is 4.97. The van der Waals surface area contributed by atoms with Gasteiger partial charge in [0.1, 0.15) is 0 Å². The number of piperidine rings is 2. The van der Waals surface area contributed by atoms with Gasteiger partial charge in [0.25, 0.3) is 0 Å². The molecule has 0 spiro atoms. The molecule has 0 aliphatic carbocycles. The van der Waals surface area contributed by atoms with Crippen LogP contribution in [0, 0.1) is 5.92 Å². The van der Waals surface area contributed by atoms with Gasteiger partial charge < -0.3 is 9.64 Å². The predicted octanol–water partition coefficient (Wildman–Crippen LogP) is 2.61. The SMILES string of the molecule is CCN1CC[C@@H](C)CC1C1C[C@](C)(OC)CCN1C. The van der Waals surface area contributed by atoms with Crippen molar-refractivity contribution in [1.82, 2.24) is 9.80 Å². The first-order valence-corrected chi connectivity index (χ1v) is 7.98. The van der Waals surface area contributed by atoms with Crippen molar-refractivity contribution in [1.29, 1.82) is 0 Å². The number of likely N-dealkylation sites (N-methyl/N-ethyl adjacent to an activating group) is 2. The van der Waals surface area contributed by atoms with Crippen LogP contribution < -0.4 is 0 Å². The Morgan fingerprint density at radius 2 is 2.00 bits per heavy atom. The summed E-state index contributed by atoms with van der Waals surface area (Å²) in [5, 5.41) is 0. The number of hydrogen-bond donors (Lipinski definition) is 0. The van der Waals surface area contributed by atoms with Crippen molar-refractivity contribution in [2.45, 2.75) is 64.1 Å². The molecule has 0 radical (unpaired) electrons. The molecular formula is C16H32N2O. The Kier molecular flexibility index (Phi) is 4.91. The summed E-state index contributed by atoms with van der Waals surface area (Å²) in [6, 6.07) is 1.37. The highest BCUT2D eigenvalue weighted by Crippen LogP contribution is 2.35. The molecule has 0 saturated carbocycles. The fourth-order valence-corrected chi connectivity index (χ4v) is 3.92. The standard InChI is InChI=1S/C16H32N2O/c1-6-18-9-7-13(2)11-14(18)15-12-16(3,19-5)8-10-17(15)4/h13-15H,6-12H2,1-5H3/t13-,14?,15?,16-/m1/s1. The van der Waals surface area contributed by atoms with Gasteiger partial charge in [0.2, 0.25) is 0 Å². The Bertz CT molecular complexity index is 296. The lowest BCUT2D eigenvalue weighted by atomic mass is 9.79. The average Bonchev–Trinajstić information content (AvgIpc) is 2.42. The van der Waals surface area contributed by atoms with Crippen molar-refractivity contribution in [2.24, 2.45) is 5.92 Å². The van der Waals surface area contributed by atoms with Gasteiger partial charge >= 0.3 is 0 Å². The molecule has 2 aliphatic heterocycles. The largest absolute Gasteiger partial charge is 0.378 e. The van der Waals surface area contributed by atoms with Gasteiger partial charge in [-0.05, 0) is 58.7 Å². The molecule has 2 fully saturated rings. The lowest BCUT2D eigenvalue weighted by Gasteiger charge is -2.50. The fourth-order valence-electron chi connectivity index (χ4n) is 3.92. The monoisotopic (exact) mass is 268 g/mol. The van der Waals surface area contributed by atoms with Gasteiger partial charge in [-0.3, -0.25) is 4.90 Å². The Hall–Kier alpha value is -0.120. The lowest BCUT2D eigenvalue weighted by molar-refractivity contribution is -0.0812. The topological polar surface area (TPSA) is 15.7 Å². The Labute approximate surface area is 119 Å². The number of ether oxygens (including phenoxy) is 1. The summed E-state index contributed by atoms with van der Waals surface area (Å²) in [5.41, 5.74) is 0.0806. The average molecular weight is 268 g/mol. The lowest BCUT2D eigenvalue weighted by Crippen LogP contribution is -2.59. The minimum atomic E-state index is 0.0806. The van der Waals surface area contributed by atoms with E-state index in [1.165, 1.54) is 32.4 Å².